The molecule has 1 fully saturated rings. The molecule has 0 atom stereocenters. The highest BCUT2D eigenvalue weighted by molar-refractivity contribution is 5.97. The summed E-state index contributed by atoms with van der Waals surface area (Å²) in [4.78, 5) is 15.2. The number of ether oxygens (including phenoxy) is 2. The quantitative estimate of drug-likeness (QED) is 0.483. The lowest BCUT2D eigenvalue weighted by Crippen LogP contribution is -2.44. The lowest BCUT2D eigenvalue weighted by Gasteiger charge is -2.29. The summed E-state index contributed by atoms with van der Waals surface area (Å²) >= 11 is 0. The van der Waals surface area contributed by atoms with Gasteiger partial charge >= 0.3 is 0 Å². The molecule has 0 spiro atoms. The van der Waals surface area contributed by atoms with Gasteiger partial charge in [0.2, 0.25) is 0 Å². The molecular formula is C22H36N2O3. The first-order valence-electron chi connectivity index (χ1n) is 10.5. The SMILES string of the molecule is CCN(CC)CCCOc1ccc(NC(=O)C2(OC)CCCCCC2)cc1. The average Bonchev–Trinajstić information content (AvgIpc) is 2.96. The summed E-state index contributed by atoms with van der Waals surface area (Å²) in [7, 11) is 1.65. The molecule has 1 aliphatic rings. The molecule has 152 valence electrons. The van der Waals surface area contributed by atoms with Gasteiger partial charge < -0.3 is 19.7 Å². The Bertz CT molecular complexity index is 547. The average molecular weight is 377 g/mol. The molecule has 5 heteroatoms. The van der Waals surface area contributed by atoms with Crippen LogP contribution >= 0.6 is 0 Å². The first-order valence-corrected chi connectivity index (χ1v) is 10.5. The highest BCUT2D eigenvalue weighted by Crippen LogP contribution is 2.31. The second-order valence-corrected chi connectivity index (χ2v) is 7.32. The van der Waals surface area contributed by atoms with Gasteiger partial charge in [0.05, 0.1) is 6.61 Å². The Morgan fingerprint density at radius 2 is 1.70 bits per heavy atom. The van der Waals surface area contributed by atoms with E-state index in [1.807, 2.05) is 24.3 Å². The lowest BCUT2D eigenvalue weighted by molar-refractivity contribution is -0.139. The number of hydrogen-bond donors (Lipinski definition) is 1. The van der Waals surface area contributed by atoms with Crippen molar-refractivity contribution >= 4 is 11.6 Å². The summed E-state index contributed by atoms with van der Waals surface area (Å²) in [6.45, 7) is 8.28. The first kappa shape index (κ1) is 21.7. The minimum Gasteiger partial charge on any atom is -0.494 e. The van der Waals surface area contributed by atoms with Crippen LogP contribution in [-0.2, 0) is 9.53 Å². The number of nitrogens with one attached hydrogen (secondary N) is 1. The van der Waals surface area contributed by atoms with Crippen LogP contribution in [0.2, 0.25) is 0 Å². The van der Waals surface area contributed by atoms with Crippen LogP contribution in [0.4, 0.5) is 5.69 Å². The predicted molar refractivity (Wildman–Crippen MR) is 110 cm³/mol. The number of nitrogens with zero attached hydrogens (tertiary/aromatic N) is 1. The maximum atomic E-state index is 12.8. The standard InChI is InChI=1S/C22H36N2O3/c1-4-24(5-2)17-10-18-27-20-13-11-19(12-14-20)23-21(25)22(26-3)15-8-6-7-9-16-22/h11-14H,4-10,15-18H2,1-3H3,(H,23,25). The van der Waals surface area contributed by atoms with E-state index in [0.29, 0.717) is 6.61 Å². The van der Waals surface area contributed by atoms with Crippen LogP contribution in [-0.4, -0.2) is 49.8 Å². The smallest absolute Gasteiger partial charge is 0.256 e. The van der Waals surface area contributed by atoms with Crippen LogP contribution in [0.3, 0.4) is 0 Å². The number of methoxy groups -OCH3 is 1. The third-order valence-corrected chi connectivity index (χ3v) is 5.61. The molecule has 1 N–H and O–H groups in total. The van der Waals surface area contributed by atoms with Crippen molar-refractivity contribution in [2.45, 2.75) is 64.4 Å². The van der Waals surface area contributed by atoms with Crippen molar-refractivity contribution in [1.82, 2.24) is 4.90 Å². The molecule has 2 rings (SSSR count). The van der Waals surface area contributed by atoms with Crippen LogP contribution in [0, 0.1) is 0 Å². The van der Waals surface area contributed by atoms with E-state index in [0.717, 1.165) is 63.2 Å². The van der Waals surface area contributed by atoms with Crippen LogP contribution < -0.4 is 10.1 Å². The summed E-state index contributed by atoms with van der Waals surface area (Å²) in [5, 5.41) is 3.03. The molecule has 0 unspecified atom stereocenters. The summed E-state index contributed by atoms with van der Waals surface area (Å²) in [5.74, 6) is 0.809. The Hall–Kier alpha value is -1.59. The van der Waals surface area contributed by atoms with Gasteiger partial charge in [-0.3, -0.25) is 4.79 Å². The fourth-order valence-electron chi connectivity index (χ4n) is 3.72. The van der Waals surface area contributed by atoms with Gasteiger partial charge in [-0.05, 0) is 56.6 Å². The van der Waals surface area contributed by atoms with Gasteiger partial charge in [0.15, 0.2) is 0 Å². The second kappa shape index (κ2) is 11.3. The van der Waals surface area contributed by atoms with Crippen LogP contribution in [0.25, 0.3) is 0 Å². The summed E-state index contributed by atoms with van der Waals surface area (Å²) in [6.07, 6.45) is 7.04. The van der Waals surface area contributed by atoms with Crippen molar-refractivity contribution in [2.75, 3.05) is 38.7 Å². The fourth-order valence-corrected chi connectivity index (χ4v) is 3.72. The second-order valence-electron chi connectivity index (χ2n) is 7.32. The third kappa shape index (κ3) is 6.51. The molecule has 1 aromatic carbocycles. The Morgan fingerprint density at radius 1 is 1.07 bits per heavy atom. The number of carbonyl (C=O) groups excluding carboxylic acids is 1. The highest BCUT2D eigenvalue weighted by atomic mass is 16.5. The van der Waals surface area contributed by atoms with Crippen molar-refractivity contribution in [3.05, 3.63) is 24.3 Å². The number of rotatable bonds is 10. The largest absolute Gasteiger partial charge is 0.494 e. The van der Waals surface area contributed by atoms with E-state index in [2.05, 4.69) is 24.1 Å². The number of amides is 1. The molecule has 5 nitrogen and oxygen atoms in total. The van der Waals surface area contributed by atoms with Crippen molar-refractivity contribution < 1.29 is 14.3 Å². The van der Waals surface area contributed by atoms with Gasteiger partial charge in [-0.15, -0.1) is 0 Å². The molecule has 0 radical (unpaired) electrons. The first-order chi connectivity index (χ1) is 13.1. The lowest BCUT2D eigenvalue weighted by atomic mass is 9.93. The monoisotopic (exact) mass is 376 g/mol. The Kier molecular flexibility index (Phi) is 9.08. The molecule has 1 aliphatic carbocycles. The zero-order valence-corrected chi connectivity index (χ0v) is 17.3. The van der Waals surface area contributed by atoms with E-state index in [1.54, 1.807) is 7.11 Å². The van der Waals surface area contributed by atoms with Crippen LogP contribution in [0.1, 0.15) is 58.8 Å². The maximum Gasteiger partial charge on any atom is 0.256 e. The minimum atomic E-state index is -0.684. The molecule has 1 amide bonds. The molecule has 0 saturated heterocycles. The normalized spacial score (nSPS) is 16.7. The molecule has 0 bridgehead atoms. The van der Waals surface area contributed by atoms with Gasteiger partial charge in [0.1, 0.15) is 11.4 Å². The van der Waals surface area contributed by atoms with E-state index >= 15 is 0 Å². The van der Waals surface area contributed by atoms with Gasteiger partial charge in [-0.25, -0.2) is 0 Å². The van der Waals surface area contributed by atoms with Gasteiger partial charge in [-0.2, -0.15) is 0 Å². The van der Waals surface area contributed by atoms with Gasteiger partial charge in [0, 0.05) is 19.3 Å². The van der Waals surface area contributed by atoms with E-state index in [-0.39, 0.29) is 5.91 Å². The number of carbonyl (C=O) groups is 1. The zero-order valence-electron chi connectivity index (χ0n) is 17.3. The zero-order chi connectivity index (χ0) is 19.5. The number of anilines is 1. The Labute approximate surface area is 164 Å². The topological polar surface area (TPSA) is 50.8 Å². The van der Waals surface area contributed by atoms with E-state index in [4.69, 9.17) is 9.47 Å². The highest BCUT2D eigenvalue weighted by Gasteiger charge is 2.38. The van der Waals surface area contributed by atoms with E-state index < -0.39 is 5.60 Å². The van der Waals surface area contributed by atoms with Crippen LogP contribution in [0.5, 0.6) is 5.75 Å². The molecule has 0 heterocycles. The van der Waals surface area contributed by atoms with Crippen molar-refractivity contribution in [2.24, 2.45) is 0 Å². The predicted octanol–water partition coefficient (Wildman–Crippen LogP) is 4.48. The van der Waals surface area contributed by atoms with Crippen molar-refractivity contribution in [1.29, 1.82) is 0 Å². The number of hydrogen-bond acceptors (Lipinski definition) is 4. The molecule has 0 aromatic heterocycles. The van der Waals surface area contributed by atoms with E-state index in [1.165, 1.54) is 12.8 Å². The van der Waals surface area contributed by atoms with Crippen molar-refractivity contribution in [3.63, 3.8) is 0 Å². The minimum absolute atomic E-state index is 0.0280. The molecule has 1 saturated carbocycles. The van der Waals surface area contributed by atoms with Gasteiger partial charge in [0.25, 0.3) is 5.91 Å². The third-order valence-electron chi connectivity index (χ3n) is 5.61. The Morgan fingerprint density at radius 3 is 2.26 bits per heavy atom. The maximum absolute atomic E-state index is 12.8. The summed E-state index contributed by atoms with van der Waals surface area (Å²) in [6, 6.07) is 7.63. The number of benzene rings is 1. The van der Waals surface area contributed by atoms with E-state index in [9.17, 15) is 4.79 Å². The molecule has 1 aromatic rings. The molecule has 27 heavy (non-hydrogen) atoms. The fraction of sp³-hybridized carbons (Fsp3) is 0.682. The summed E-state index contributed by atoms with van der Waals surface area (Å²) < 4.78 is 11.5. The molecule has 0 aliphatic heterocycles. The summed E-state index contributed by atoms with van der Waals surface area (Å²) in [5.41, 5.74) is 0.104. The van der Waals surface area contributed by atoms with Crippen LogP contribution in [0.15, 0.2) is 24.3 Å². The molecular weight excluding hydrogens is 340 g/mol. The van der Waals surface area contributed by atoms with Crippen molar-refractivity contribution in [3.8, 4) is 5.75 Å². The van der Waals surface area contributed by atoms with Gasteiger partial charge in [-0.1, -0.05) is 39.5 Å². The Balaban J connectivity index is 1.83.